The maximum absolute atomic E-state index is 12.6. The predicted octanol–water partition coefficient (Wildman–Crippen LogP) is 1.69. The Morgan fingerprint density at radius 1 is 1.22 bits per heavy atom. The Kier molecular flexibility index (Phi) is 3.93. The van der Waals surface area contributed by atoms with Gasteiger partial charge in [0.15, 0.2) is 0 Å². The highest BCUT2D eigenvalue weighted by molar-refractivity contribution is 5.90. The van der Waals surface area contributed by atoms with Gasteiger partial charge in [-0.15, -0.1) is 0 Å². The summed E-state index contributed by atoms with van der Waals surface area (Å²) < 4.78 is 0. The Balaban J connectivity index is 2.23. The Labute approximate surface area is 109 Å². The van der Waals surface area contributed by atoms with Gasteiger partial charge in [-0.3, -0.25) is 9.59 Å². The molecule has 4 heteroatoms. The molecule has 1 saturated heterocycles. The van der Waals surface area contributed by atoms with Crippen molar-refractivity contribution in [1.29, 1.82) is 0 Å². The molecule has 0 spiro atoms. The van der Waals surface area contributed by atoms with Gasteiger partial charge >= 0.3 is 0 Å². The normalized spacial score (nSPS) is 30.8. The summed E-state index contributed by atoms with van der Waals surface area (Å²) in [6.45, 7) is 5.98. The molecule has 0 bridgehead atoms. The van der Waals surface area contributed by atoms with Crippen LogP contribution in [0.25, 0.3) is 0 Å². The van der Waals surface area contributed by atoms with E-state index < -0.39 is 0 Å². The lowest BCUT2D eigenvalue weighted by Gasteiger charge is -2.35. The molecule has 1 N–H and O–H groups in total. The van der Waals surface area contributed by atoms with E-state index in [1.54, 1.807) is 0 Å². The Bertz CT molecular complexity index is 335. The molecule has 0 aromatic carbocycles. The van der Waals surface area contributed by atoms with Crippen LogP contribution in [0.2, 0.25) is 0 Å². The third-order valence-corrected chi connectivity index (χ3v) is 4.18. The lowest BCUT2D eigenvalue weighted by Crippen LogP contribution is -2.52. The molecule has 2 atom stereocenters. The van der Waals surface area contributed by atoms with E-state index in [9.17, 15) is 9.59 Å². The van der Waals surface area contributed by atoms with E-state index in [0.717, 1.165) is 12.8 Å². The zero-order valence-electron chi connectivity index (χ0n) is 11.6. The number of nitrogens with one attached hydrogen (secondary N) is 1. The van der Waals surface area contributed by atoms with Crippen molar-refractivity contribution in [3.05, 3.63) is 0 Å². The van der Waals surface area contributed by atoms with Crippen LogP contribution in [0.5, 0.6) is 0 Å². The monoisotopic (exact) mass is 252 g/mol. The van der Waals surface area contributed by atoms with Gasteiger partial charge in [0.25, 0.3) is 0 Å². The van der Waals surface area contributed by atoms with Crippen LogP contribution >= 0.6 is 0 Å². The fraction of sp³-hybridized carbons (Fsp3) is 0.857. The first-order valence-corrected chi connectivity index (χ1v) is 7.12. The maximum Gasteiger partial charge on any atom is 0.245 e. The smallest absolute Gasteiger partial charge is 0.245 e. The molecule has 2 unspecified atom stereocenters. The standard InChI is InChI=1S/C14H24N2O2/c1-9(2)13-14(18)16(11-6-4-5-7-11)10(3)8-12(17)15-13/h9-11,13H,4-8H2,1-3H3,(H,15,17). The van der Waals surface area contributed by atoms with E-state index in [4.69, 9.17) is 0 Å². The first-order chi connectivity index (χ1) is 8.50. The average Bonchev–Trinajstić information content (AvgIpc) is 2.75. The van der Waals surface area contributed by atoms with Gasteiger partial charge in [0.1, 0.15) is 6.04 Å². The van der Waals surface area contributed by atoms with E-state index in [-0.39, 0.29) is 29.8 Å². The summed E-state index contributed by atoms with van der Waals surface area (Å²) in [6, 6.07) is 0.0360. The van der Waals surface area contributed by atoms with E-state index >= 15 is 0 Å². The number of hydrogen-bond donors (Lipinski definition) is 1. The third-order valence-electron chi connectivity index (χ3n) is 4.18. The van der Waals surface area contributed by atoms with Crippen LogP contribution in [0, 0.1) is 5.92 Å². The minimum Gasteiger partial charge on any atom is -0.344 e. The summed E-state index contributed by atoms with van der Waals surface area (Å²) >= 11 is 0. The molecule has 0 radical (unpaired) electrons. The molecule has 2 fully saturated rings. The zero-order valence-corrected chi connectivity index (χ0v) is 11.6. The topological polar surface area (TPSA) is 49.4 Å². The van der Waals surface area contributed by atoms with Crippen LogP contribution in [0.1, 0.15) is 52.9 Å². The molecular formula is C14H24N2O2. The fourth-order valence-electron chi connectivity index (χ4n) is 3.21. The number of nitrogens with zero attached hydrogens (tertiary/aromatic N) is 1. The minimum absolute atomic E-state index is 0.00930. The van der Waals surface area contributed by atoms with Crippen LogP contribution in [0.3, 0.4) is 0 Å². The molecule has 2 rings (SSSR count). The molecule has 102 valence electrons. The number of rotatable bonds is 2. The molecule has 2 amide bonds. The van der Waals surface area contributed by atoms with Gasteiger partial charge < -0.3 is 10.2 Å². The van der Waals surface area contributed by atoms with Gasteiger partial charge in [-0.2, -0.15) is 0 Å². The number of amides is 2. The molecule has 1 heterocycles. The van der Waals surface area contributed by atoms with Crippen molar-refractivity contribution in [3.63, 3.8) is 0 Å². The van der Waals surface area contributed by atoms with Crippen molar-refractivity contribution in [2.75, 3.05) is 0 Å². The third kappa shape index (κ3) is 2.52. The van der Waals surface area contributed by atoms with Gasteiger partial charge in [-0.1, -0.05) is 26.7 Å². The summed E-state index contributed by atoms with van der Waals surface area (Å²) in [5.41, 5.74) is 0. The number of carbonyl (C=O) groups is 2. The van der Waals surface area contributed by atoms with Crippen molar-refractivity contribution < 1.29 is 9.59 Å². The zero-order chi connectivity index (χ0) is 13.3. The Morgan fingerprint density at radius 3 is 2.39 bits per heavy atom. The molecule has 18 heavy (non-hydrogen) atoms. The van der Waals surface area contributed by atoms with E-state index in [0.29, 0.717) is 12.5 Å². The summed E-state index contributed by atoms with van der Waals surface area (Å²) in [6.07, 6.45) is 5.03. The van der Waals surface area contributed by atoms with Gasteiger partial charge in [0.2, 0.25) is 11.8 Å². The first-order valence-electron chi connectivity index (χ1n) is 7.12. The molecule has 1 aliphatic heterocycles. The first kappa shape index (κ1) is 13.4. The fourth-order valence-corrected chi connectivity index (χ4v) is 3.21. The second-order valence-corrected chi connectivity index (χ2v) is 6.03. The molecule has 0 aromatic rings. The number of carbonyl (C=O) groups excluding carboxylic acids is 2. The molecule has 0 aromatic heterocycles. The average molecular weight is 252 g/mol. The lowest BCUT2D eigenvalue weighted by atomic mass is 10.0. The van der Waals surface area contributed by atoms with Gasteiger partial charge in [0, 0.05) is 18.5 Å². The van der Waals surface area contributed by atoms with E-state index in [1.165, 1.54) is 12.8 Å². The van der Waals surface area contributed by atoms with Gasteiger partial charge in [-0.05, 0) is 25.7 Å². The predicted molar refractivity (Wildman–Crippen MR) is 69.9 cm³/mol. The lowest BCUT2D eigenvalue weighted by molar-refractivity contribution is -0.138. The largest absolute Gasteiger partial charge is 0.344 e. The van der Waals surface area contributed by atoms with Gasteiger partial charge in [-0.25, -0.2) is 0 Å². The highest BCUT2D eigenvalue weighted by Crippen LogP contribution is 2.28. The van der Waals surface area contributed by atoms with Crippen LogP contribution in [0.15, 0.2) is 0 Å². The second-order valence-electron chi connectivity index (χ2n) is 6.03. The van der Waals surface area contributed by atoms with Crippen LogP contribution < -0.4 is 5.32 Å². The summed E-state index contributed by atoms with van der Waals surface area (Å²) in [5.74, 6) is 0.279. The quantitative estimate of drug-likeness (QED) is 0.813. The van der Waals surface area contributed by atoms with Crippen molar-refractivity contribution >= 4 is 11.8 Å². The summed E-state index contributed by atoms with van der Waals surface area (Å²) in [7, 11) is 0. The molecule has 4 nitrogen and oxygen atoms in total. The van der Waals surface area contributed by atoms with Crippen LogP contribution in [0.4, 0.5) is 0 Å². The highest BCUT2D eigenvalue weighted by atomic mass is 16.2. The van der Waals surface area contributed by atoms with Gasteiger partial charge in [0.05, 0.1) is 0 Å². The van der Waals surface area contributed by atoms with Crippen LogP contribution in [-0.4, -0.2) is 34.8 Å². The summed E-state index contributed by atoms with van der Waals surface area (Å²) in [4.78, 5) is 26.5. The maximum atomic E-state index is 12.6. The van der Waals surface area contributed by atoms with Crippen molar-refractivity contribution in [2.24, 2.45) is 5.92 Å². The molecule has 2 aliphatic rings. The molecule has 1 aliphatic carbocycles. The van der Waals surface area contributed by atoms with E-state index in [1.807, 2.05) is 25.7 Å². The highest BCUT2D eigenvalue weighted by Gasteiger charge is 2.39. The summed E-state index contributed by atoms with van der Waals surface area (Å²) in [5, 5.41) is 2.88. The Hall–Kier alpha value is -1.06. The SMILES string of the molecule is CC(C)C1NC(=O)CC(C)N(C2CCCC2)C1=O. The number of hydrogen-bond acceptors (Lipinski definition) is 2. The van der Waals surface area contributed by atoms with Crippen molar-refractivity contribution in [3.8, 4) is 0 Å². The van der Waals surface area contributed by atoms with Crippen molar-refractivity contribution in [2.45, 2.75) is 71.0 Å². The second kappa shape index (κ2) is 5.29. The Morgan fingerprint density at radius 2 is 1.83 bits per heavy atom. The van der Waals surface area contributed by atoms with E-state index in [2.05, 4.69) is 5.32 Å². The molecule has 1 saturated carbocycles. The minimum atomic E-state index is -0.344. The van der Waals surface area contributed by atoms with Crippen molar-refractivity contribution in [1.82, 2.24) is 10.2 Å². The van der Waals surface area contributed by atoms with Crippen LogP contribution in [-0.2, 0) is 9.59 Å². The molecular weight excluding hydrogens is 228 g/mol.